The summed E-state index contributed by atoms with van der Waals surface area (Å²) in [6.45, 7) is 4.99. The zero-order valence-corrected chi connectivity index (χ0v) is 18.1. The lowest BCUT2D eigenvalue weighted by Crippen LogP contribution is -2.58. The lowest BCUT2D eigenvalue weighted by atomic mass is 9.75. The second-order valence-electron chi connectivity index (χ2n) is 8.37. The van der Waals surface area contributed by atoms with Gasteiger partial charge in [-0.1, -0.05) is 5.21 Å². The standard InChI is InChI=1S/C22H30N6O3/c1-15(29)23-8-9-24-22(30)20-13-27-10-7-17(20)11-18(27)12-28-14-21(25-26-28)16-3-5-19(31-2)6-4-16/h3-6,14,17-18,20H,7-13H2,1-2H3,(H,23,29)(H,24,30)/t17-,18+,20-/m0/s1. The van der Waals surface area contributed by atoms with Crippen LogP contribution in [-0.2, 0) is 16.1 Å². The van der Waals surface area contributed by atoms with Crippen LogP contribution in [0.1, 0.15) is 19.8 Å². The van der Waals surface area contributed by atoms with Crippen LogP contribution in [-0.4, -0.2) is 71.0 Å². The molecule has 31 heavy (non-hydrogen) atoms. The van der Waals surface area contributed by atoms with Crippen molar-refractivity contribution in [2.75, 3.05) is 33.3 Å². The molecule has 4 atom stereocenters. The second-order valence-corrected chi connectivity index (χ2v) is 8.37. The molecule has 1 aromatic carbocycles. The van der Waals surface area contributed by atoms with Crippen molar-refractivity contribution < 1.29 is 14.3 Å². The number of fused-ring (bicyclic) bond motifs is 3. The minimum Gasteiger partial charge on any atom is -0.497 e. The molecule has 3 aliphatic rings. The van der Waals surface area contributed by atoms with Gasteiger partial charge >= 0.3 is 0 Å². The van der Waals surface area contributed by atoms with Gasteiger partial charge in [-0.3, -0.25) is 19.2 Å². The monoisotopic (exact) mass is 426 g/mol. The Labute approximate surface area is 182 Å². The number of ether oxygens (including phenoxy) is 1. The highest BCUT2D eigenvalue weighted by Crippen LogP contribution is 2.37. The fraction of sp³-hybridized carbons (Fsp3) is 0.545. The van der Waals surface area contributed by atoms with Crippen LogP contribution in [0.2, 0.25) is 0 Å². The van der Waals surface area contributed by atoms with E-state index in [0.717, 1.165) is 49.5 Å². The molecule has 4 heterocycles. The number of piperidine rings is 3. The van der Waals surface area contributed by atoms with E-state index < -0.39 is 0 Å². The number of amides is 2. The average molecular weight is 427 g/mol. The Kier molecular flexibility index (Phi) is 6.50. The first-order valence-corrected chi connectivity index (χ1v) is 10.8. The molecule has 2 bridgehead atoms. The third kappa shape index (κ3) is 5.04. The zero-order valence-electron chi connectivity index (χ0n) is 18.1. The summed E-state index contributed by atoms with van der Waals surface area (Å²) in [5.41, 5.74) is 1.85. The van der Waals surface area contributed by atoms with Crippen molar-refractivity contribution in [2.24, 2.45) is 11.8 Å². The summed E-state index contributed by atoms with van der Waals surface area (Å²) in [7, 11) is 1.65. The molecular weight excluding hydrogens is 396 g/mol. The molecule has 2 N–H and O–H groups in total. The molecule has 1 unspecified atom stereocenters. The number of nitrogens with zero attached hydrogens (tertiary/aromatic N) is 4. The average Bonchev–Trinajstić information content (AvgIpc) is 3.25. The summed E-state index contributed by atoms with van der Waals surface area (Å²) in [6.07, 6.45) is 4.02. The van der Waals surface area contributed by atoms with E-state index >= 15 is 0 Å². The summed E-state index contributed by atoms with van der Waals surface area (Å²) >= 11 is 0. The van der Waals surface area contributed by atoms with Gasteiger partial charge in [0.2, 0.25) is 11.8 Å². The van der Waals surface area contributed by atoms with Gasteiger partial charge in [0.25, 0.3) is 0 Å². The van der Waals surface area contributed by atoms with Gasteiger partial charge in [-0.15, -0.1) is 5.10 Å². The molecule has 9 heteroatoms. The maximum absolute atomic E-state index is 12.6. The molecule has 1 aromatic heterocycles. The van der Waals surface area contributed by atoms with E-state index in [1.54, 1.807) is 7.11 Å². The van der Waals surface area contributed by atoms with E-state index in [0.29, 0.717) is 25.0 Å². The fourth-order valence-electron chi connectivity index (χ4n) is 4.68. The summed E-state index contributed by atoms with van der Waals surface area (Å²) in [6, 6.07) is 8.17. The van der Waals surface area contributed by atoms with Crippen LogP contribution >= 0.6 is 0 Å². The highest BCUT2D eigenvalue weighted by molar-refractivity contribution is 5.79. The molecule has 2 aromatic rings. The van der Waals surface area contributed by atoms with Crippen molar-refractivity contribution in [1.29, 1.82) is 0 Å². The zero-order chi connectivity index (χ0) is 21.8. The molecule has 2 amide bonds. The number of methoxy groups -OCH3 is 1. The van der Waals surface area contributed by atoms with Crippen molar-refractivity contribution in [3.8, 4) is 17.0 Å². The number of carbonyl (C=O) groups excluding carboxylic acids is 2. The van der Waals surface area contributed by atoms with Crippen LogP contribution in [0.3, 0.4) is 0 Å². The topological polar surface area (TPSA) is 101 Å². The van der Waals surface area contributed by atoms with Gasteiger partial charge in [0.05, 0.1) is 25.8 Å². The molecule has 3 fully saturated rings. The third-order valence-electron chi connectivity index (χ3n) is 6.34. The summed E-state index contributed by atoms with van der Waals surface area (Å²) < 4.78 is 7.12. The number of rotatable bonds is 8. The third-order valence-corrected chi connectivity index (χ3v) is 6.34. The van der Waals surface area contributed by atoms with E-state index in [9.17, 15) is 9.59 Å². The molecular formula is C22H30N6O3. The molecule has 0 radical (unpaired) electrons. The lowest BCUT2D eigenvalue weighted by molar-refractivity contribution is -0.133. The Morgan fingerprint density at radius 3 is 2.65 bits per heavy atom. The number of hydrogen-bond acceptors (Lipinski definition) is 6. The highest BCUT2D eigenvalue weighted by Gasteiger charge is 2.43. The van der Waals surface area contributed by atoms with Gasteiger partial charge in [0.15, 0.2) is 0 Å². The van der Waals surface area contributed by atoms with Crippen LogP contribution < -0.4 is 15.4 Å². The molecule has 9 nitrogen and oxygen atoms in total. The lowest BCUT2D eigenvalue weighted by Gasteiger charge is -2.49. The van der Waals surface area contributed by atoms with Gasteiger partial charge in [-0.2, -0.15) is 0 Å². The van der Waals surface area contributed by atoms with Crippen LogP contribution in [0.4, 0.5) is 0 Å². The van der Waals surface area contributed by atoms with Crippen LogP contribution in [0.5, 0.6) is 5.75 Å². The fourth-order valence-corrected chi connectivity index (χ4v) is 4.68. The maximum Gasteiger partial charge on any atom is 0.224 e. The van der Waals surface area contributed by atoms with E-state index in [1.807, 2.05) is 35.1 Å². The van der Waals surface area contributed by atoms with E-state index in [2.05, 4.69) is 25.8 Å². The van der Waals surface area contributed by atoms with Crippen molar-refractivity contribution in [2.45, 2.75) is 32.4 Å². The first-order valence-electron chi connectivity index (χ1n) is 10.8. The van der Waals surface area contributed by atoms with Gasteiger partial charge in [0.1, 0.15) is 11.4 Å². The van der Waals surface area contributed by atoms with E-state index in [4.69, 9.17) is 4.74 Å². The predicted molar refractivity (Wildman–Crippen MR) is 115 cm³/mol. The van der Waals surface area contributed by atoms with E-state index in [-0.39, 0.29) is 17.7 Å². The van der Waals surface area contributed by atoms with Crippen LogP contribution in [0.15, 0.2) is 30.5 Å². The van der Waals surface area contributed by atoms with Crippen molar-refractivity contribution in [1.82, 2.24) is 30.5 Å². The molecule has 3 aliphatic heterocycles. The quantitative estimate of drug-likeness (QED) is 0.609. The van der Waals surface area contributed by atoms with Crippen LogP contribution in [0.25, 0.3) is 11.3 Å². The molecule has 0 aliphatic carbocycles. The largest absolute Gasteiger partial charge is 0.497 e. The van der Waals surface area contributed by atoms with E-state index in [1.165, 1.54) is 6.92 Å². The highest BCUT2D eigenvalue weighted by atomic mass is 16.5. The predicted octanol–water partition coefficient (Wildman–Crippen LogP) is 0.916. The molecule has 5 rings (SSSR count). The van der Waals surface area contributed by atoms with Gasteiger partial charge < -0.3 is 15.4 Å². The number of aromatic nitrogens is 3. The smallest absolute Gasteiger partial charge is 0.224 e. The Bertz CT molecular complexity index is 912. The number of nitrogens with one attached hydrogen (secondary N) is 2. The number of hydrogen-bond donors (Lipinski definition) is 2. The SMILES string of the molecule is COc1ccc(-c2cn(C[C@H]3C[C@@H]4CCN3C[C@@H]4C(=O)NCCNC(C)=O)nn2)cc1. The number of benzene rings is 1. The Balaban J connectivity index is 1.31. The Hall–Kier alpha value is -2.94. The molecule has 0 spiro atoms. The Morgan fingerprint density at radius 1 is 1.19 bits per heavy atom. The first kappa shape index (κ1) is 21.3. The summed E-state index contributed by atoms with van der Waals surface area (Å²) in [5.74, 6) is 1.24. The minimum atomic E-state index is -0.0804. The van der Waals surface area contributed by atoms with Crippen LogP contribution in [0, 0.1) is 11.8 Å². The second kappa shape index (κ2) is 9.47. The molecule has 3 saturated heterocycles. The van der Waals surface area contributed by atoms with Crippen molar-refractivity contribution in [3.05, 3.63) is 30.5 Å². The maximum atomic E-state index is 12.6. The summed E-state index contributed by atoms with van der Waals surface area (Å²) in [5, 5.41) is 14.3. The molecule has 0 saturated carbocycles. The van der Waals surface area contributed by atoms with Crippen molar-refractivity contribution >= 4 is 11.8 Å². The first-order chi connectivity index (χ1) is 15.0. The Morgan fingerprint density at radius 2 is 1.97 bits per heavy atom. The van der Waals surface area contributed by atoms with Gasteiger partial charge in [0, 0.05) is 38.2 Å². The number of carbonyl (C=O) groups is 2. The molecule has 166 valence electrons. The summed E-state index contributed by atoms with van der Waals surface area (Å²) in [4.78, 5) is 26.0. The van der Waals surface area contributed by atoms with Gasteiger partial charge in [-0.05, 0) is 49.6 Å². The minimum absolute atomic E-state index is 0.0212. The normalized spacial score (nSPS) is 24.6. The van der Waals surface area contributed by atoms with Crippen molar-refractivity contribution in [3.63, 3.8) is 0 Å². The van der Waals surface area contributed by atoms with Gasteiger partial charge in [-0.25, -0.2) is 0 Å².